The number of hydrogen-bond donors (Lipinski definition) is 1. The molecule has 1 amide bonds. The van der Waals surface area contributed by atoms with Gasteiger partial charge in [-0.3, -0.25) is 4.79 Å². The maximum absolute atomic E-state index is 12.7. The Bertz CT molecular complexity index is 449. The second kappa shape index (κ2) is 5.24. The summed E-state index contributed by atoms with van der Waals surface area (Å²) in [6.45, 7) is 2.66. The first-order valence-corrected chi connectivity index (χ1v) is 4.95. The van der Waals surface area contributed by atoms with E-state index in [1.807, 2.05) is 0 Å². The first-order valence-electron chi connectivity index (χ1n) is 4.95. The Labute approximate surface area is 101 Å². The van der Waals surface area contributed by atoms with Crippen molar-refractivity contribution in [2.45, 2.75) is 26.4 Å². The van der Waals surface area contributed by atoms with Crippen LogP contribution in [-0.4, -0.2) is 18.4 Å². The molecule has 1 rings (SSSR count). The number of hydrogen-bond acceptors (Lipinski definition) is 2. The van der Waals surface area contributed by atoms with Crippen molar-refractivity contribution in [3.63, 3.8) is 0 Å². The lowest BCUT2D eigenvalue weighted by Crippen LogP contribution is -2.33. The van der Waals surface area contributed by atoms with Gasteiger partial charge >= 0.3 is 12.5 Å². The number of carbonyl (C=O) groups is 1. The number of alkyl halides is 4. The van der Waals surface area contributed by atoms with Gasteiger partial charge in [-0.25, -0.2) is 0 Å². The number of rotatable bonds is 4. The van der Waals surface area contributed by atoms with Crippen molar-refractivity contribution in [2.75, 3.05) is 5.32 Å². The van der Waals surface area contributed by atoms with E-state index in [1.165, 1.54) is 26.0 Å². The quantitative estimate of drug-likeness (QED) is 0.849. The molecule has 0 unspecified atom stereocenters. The SMILES string of the molecule is CC(=O)Nc1ccc(C)c(OC(F)(F)C(F)F)c1. The fourth-order valence-electron chi connectivity index (χ4n) is 1.18. The van der Waals surface area contributed by atoms with E-state index in [0.717, 1.165) is 6.07 Å². The van der Waals surface area contributed by atoms with Gasteiger partial charge in [-0.15, -0.1) is 0 Å². The minimum Gasteiger partial charge on any atom is -0.428 e. The van der Waals surface area contributed by atoms with Crippen molar-refractivity contribution in [3.05, 3.63) is 23.8 Å². The minimum atomic E-state index is -4.57. The summed E-state index contributed by atoms with van der Waals surface area (Å²) in [6.07, 6.45) is -8.50. The fourth-order valence-corrected chi connectivity index (χ4v) is 1.18. The van der Waals surface area contributed by atoms with Gasteiger partial charge in [0.15, 0.2) is 0 Å². The second-order valence-corrected chi connectivity index (χ2v) is 3.63. The number of nitrogens with one attached hydrogen (secondary N) is 1. The zero-order chi connectivity index (χ0) is 13.9. The van der Waals surface area contributed by atoms with Gasteiger partial charge in [0.2, 0.25) is 5.91 Å². The summed E-state index contributed by atoms with van der Waals surface area (Å²) in [5, 5.41) is 2.34. The Morgan fingerprint density at radius 1 is 1.39 bits per heavy atom. The molecule has 1 aromatic rings. The molecule has 0 radical (unpaired) electrons. The van der Waals surface area contributed by atoms with Crippen LogP contribution in [-0.2, 0) is 4.79 Å². The molecule has 18 heavy (non-hydrogen) atoms. The van der Waals surface area contributed by atoms with Crippen LogP contribution in [0.25, 0.3) is 0 Å². The Hall–Kier alpha value is -1.79. The van der Waals surface area contributed by atoms with Crippen LogP contribution in [0.5, 0.6) is 5.75 Å². The number of aryl methyl sites for hydroxylation is 1. The van der Waals surface area contributed by atoms with E-state index in [9.17, 15) is 22.4 Å². The van der Waals surface area contributed by atoms with Gasteiger partial charge in [-0.2, -0.15) is 17.6 Å². The fraction of sp³-hybridized carbons (Fsp3) is 0.364. The van der Waals surface area contributed by atoms with E-state index in [2.05, 4.69) is 10.1 Å². The van der Waals surface area contributed by atoms with Gasteiger partial charge in [-0.05, 0) is 18.6 Å². The highest BCUT2D eigenvalue weighted by Gasteiger charge is 2.44. The van der Waals surface area contributed by atoms with E-state index in [1.54, 1.807) is 0 Å². The number of halogens is 4. The largest absolute Gasteiger partial charge is 0.461 e. The molecule has 0 aliphatic carbocycles. The lowest BCUT2D eigenvalue weighted by atomic mass is 10.2. The molecule has 0 aromatic heterocycles. The van der Waals surface area contributed by atoms with Crippen LogP contribution in [0.2, 0.25) is 0 Å². The molecule has 1 aromatic carbocycles. The number of benzene rings is 1. The first kappa shape index (κ1) is 14.3. The lowest BCUT2D eigenvalue weighted by Gasteiger charge is -2.18. The summed E-state index contributed by atoms with van der Waals surface area (Å²) in [4.78, 5) is 10.8. The van der Waals surface area contributed by atoms with Crippen LogP contribution in [0.3, 0.4) is 0 Å². The second-order valence-electron chi connectivity index (χ2n) is 3.63. The van der Waals surface area contributed by atoms with Crippen molar-refractivity contribution < 1.29 is 27.1 Å². The average Bonchev–Trinajstić information content (AvgIpc) is 2.21. The van der Waals surface area contributed by atoms with Gasteiger partial charge in [-0.1, -0.05) is 6.07 Å². The molecular weight excluding hydrogens is 254 g/mol. The molecule has 0 fully saturated rings. The maximum Gasteiger partial charge on any atom is 0.461 e. The Kier molecular flexibility index (Phi) is 4.15. The molecule has 0 atom stereocenters. The summed E-state index contributed by atoms with van der Waals surface area (Å²) in [5.74, 6) is -0.822. The Morgan fingerprint density at radius 3 is 2.50 bits per heavy atom. The van der Waals surface area contributed by atoms with E-state index < -0.39 is 24.2 Å². The third kappa shape index (κ3) is 3.61. The Morgan fingerprint density at radius 2 is 2.00 bits per heavy atom. The number of anilines is 1. The van der Waals surface area contributed by atoms with E-state index in [0.29, 0.717) is 0 Å². The van der Waals surface area contributed by atoms with Crippen LogP contribution < -0.4 is 10.1 Å². The van der Waals surface area contributed by atoms with Crippen molar-refractivity contribution >= 4 is 11.6 Å². The van der Waals surface area contributed by atoms with Gasteiger partial charge in [0, 0.05) is 18.7 Å². The molecule has 0 saturated heterocycles. The summed E-state index contributed by atoms with van der Waals surface area (Å²) < 4.78 is 53.5. The van der Waals surface area contributed by atoms with Crippen molar-refractivity contribution in [2.24, 2.45) is 0 Å². The maximum atomic E-state index is 12.7. The lowest BCUT2D eigenvalue weighted by molar-refractivity contribution is -0.253. The first-order chi connectivity index (χ1) is 8.22. The molecule has 0 bridgehead atoms. The molecule has 7 heteroatoms. The van der Waals surface area contributed by atoms with Gasteiger partial charge in [0.1, 0.15) is 5.75 Å². The number of carbonyl (C=O) groups excluding carboxylic acids is 1. The highest BCUT2D eigenvalue weighted by atomic mass is 19.3. The predicted molar refractivity (Wildman–Crippen MR) is 57.1 cm³/mol. The van der Waals surface area contributed by atoms with Crippen LogP contribution in [0.15, 0.2) is 18.2 Å². The van der Waals surface area contributed by atoms with Crippen molar-refractivity contribution in [1.82, 2.24) is 0 Å². The monoisotopic (exact) mass is 265 g/mol. The summed E-state index contributed by atoms with van der Waals surface area (Å²) in [5.41, 5.74) is 0.442. The standard InChI is InChI=1S/C11H11F4NO2/c1-6-3-4-8(16-7(2)17)5-9(6)18-11(14,15)10(12)13/h3-5,10H,1-2H3,(H,16,17). The van der Waals surface area contributed by atoms with E-state index in [4.69, 9.17) is 0 Å². The summed E-state index contributed by atoms with van der Waals surface area (Å²) >= 11 is 0. The molecule has 3 nitrogen and oxygen atoms in total. The van der Waals surface area contributed by atoms with Crippen molar-refractivity contribution in [1.29, 1.82) is 0 Å². The molecule has 0 heterocycles. The molecule has 0 aliphatic rings. The van der Waals surface area contributed by atoms with Crippen LogP contribution >= 0.6 is 0 Å². The molecule has 1 N–H and O–H groups in total. The topological polar surface area (TPSA) is 38.3 Å². The van der Waals surface area contributed by atoms with Crippen molar-refractivity contribution in [3.8, 4) is 5.75 Å². The van der Waals surface area contributed by atoms with Gasteiger partial charge < -0.3 is 10.1 Å². The van der Waals surface area contributed by atoms with Crippen LogP contribution in [0, 0.1) is 6.92 Å². The zero-order valence-electron chi connectivity index (χ0n) is 9.64. The van der Waals surface area contributed by atoms with E-state index in [-0.39, 0.29) is 11.3 Å². The van der Waals surface area contributed by atoms with Gasteiger partial charge in [0.25, 0.3) is 0 Å². The van der Waals surface area contributed by atoms with Gasteiger partial charge in [0.05, 0.1) is 0 Å². The molecule has 0 spiro atoms. The van der Waals surface area contributed by atoms with Crippen LogP contribution in [0.1, 0.15) is 12.5 Å². The number of ether oxygens (including phenoxy) is 1. The highest BCUT2D eigenvalue weighted by molar-refractivity contribution is 5.88. The van der Waals surface area contributed by atoms with Crippen LogP contribution in [0.4, 0.5) is 23.2 Å². The third-order valence-corrected chi connectivity index (χ3v) is 2.01. The zero-order valence-corrected chi connectivity index (χ0v) is 9.64. The number of amides is 1. The average molecular weight is 265 g/mol. The minimum absolute atomic E-state index is 0.188. The summed E-state index contributed by atoms with van der Waals surface area (Å²) in [6, 6.07) is 3.89. The smallest absolute Gasteiger partial charge is 0.428 e. The molecule has 0 aliphatic heterocycles. The molecule has 0 saturated carbocycles. The summed E-state index contributed by atoms with van der Waals surface area (Å²) in [7, 11) is 0. The Balaban J connectivity index is 2.97. The normalized spacial score (nSPS) is 11.5. The highest BCUT2D eigenvalue weighted by Crippen LogP contribution is 2.31. The molecular formula is C11H11F4NO2. The predicted octanol–water partition coefficient (Wildman–Crippen LogP) is 3.19. The van der Waals surface area contributed by atoms with E-state index >= 15 is 0 Å². The molecule has 100 valence electrons. The third-order valence-electron chi connectivity index (χ3n) is 2.01.